The van der Waals surface area contributed by atoms with E-state index in [2.05, 4.69) is 20.4 Å². The molecule has 164 valence electrons. The number of amides is 2. The summed E-state index contributed by atoms with van der Waals surface area (Å²) in [6.45, 7) is 5.06. The van der Waals surface area contributed by atoms with Gasteiger partial charge in [-0.15, -0.1) is 10.2 Å². The fourth-order valence-electron chi connectivity index (χ4n) is 4.18. The van der Waals surface area contributed by atoms with Crippen molar-refractivity contribution in [3.8, 4) is 11.4 Å². The largest absolute Gasteiger partial charge is 0.340 e. The number of nitrogens with one attached hydrogen (secondary N) is 1. The molecule has 0 aliphatic carbocycles. The fraction of sp³-hybridized carbons (Fsp3) is 0.304. The van der Waals surface area contributed by atoms with Gasteiger partial charge in [-0.1, -0.05) is 24.3 Å². The summed E-state index contributed by atoms with van der Waals surface area (Å²) in [6, 6.07) is 14.2. The smallest absolute Gasteiger partial charge is 0.317 e. The summed E-state index contributed by atoms with van der Waals surface area (Å²) in [6.07, 6.45) is 0.796. The van der Waals surface area contributed by atoms with Gasteiger partial charge in [-0.25, -0.2) is 18.6 Å². The molecular weight excluding hydrogens is 409 g/mol. The number of benzene rings is 2. The monoisotopic (exact) mass is 433 g/mol. The number of nitrogens with zero attached hydrogens (tertiary/aromatic N) is 6. The van der Waals surface area contributed by atoms with E-state index in [0.29, 0.717) is 55.7 Å². The maximum Gasteiger partial charge on any atom is 0.317 e. The van der Waals surface area contributed by atoms with Gasteiger partial charge in [-0.2, -0.15) is 0 Å². The summed E-state index contributed by atoms with van der Waals surface area (Å²) >= 11 is 0. The Kier molecular flexibility index (Phi) is 5.30. The Hall–Kier alpha value is -3.75. The van der Waals surface area contributed by atoms with Crippen LogP contribution in [0, 0.1) is 5.82 Å². The van der Waals surface area contributed by atoms with Crippen LogP contribution in [-0.2, 0) is 0 Å². The zero-order valence-corrected chi connectivity index (χ0v) is 17.8. The summed E-state index contributed by atoms with van der Waals surface area (Å²) in [7, 11) is 0. The molecule has 32 heavy (non-hydrogen) atoms. The molecule has 0 saturated carbocycles. The Bertz CT molecular complexity index is 1290. The van der Waals surface area contributed by atoms with Crippen molar-refractivity contribution in [2.45, 2.75) is 13.3 Å². The van der Waals surface area contributed by atoms with Gasteiger partial charge in [0.05, 0.1) is 11.1 Å². The van der Waals surface area contributed by atoms with E-state index in [-0.39, 0.29) is 11.8 Å². The van der Waals surface area contributed by atoms with Crippen LogP contribution in [-0.4, -0.2) is 63.2 Å². The van der Waals surface area contributed by atoms with E-state index < -0.39 is 0 Å². The highest BCUT2D eigenvalue weighted by molar-refractivity contribution is 5.93. The lowest BCUT2D eigenvalue weighted by atomic mass is 10.2. The van der Waals surface area contributed by atoms with Crippen molar-refractivity contribution in [2.24, 2.45) is 0 Å². The lowest BCUT2D eigenvalue weighted by molar-refractivity contribution is 0.202. The quantitative estimate of drug-likeness (QED) is 0.536. The molecule has 1 fully saturated rings. The van der Waals surface area contributed by atoms with Crippen LogP contribution in [0.4, 0.5) is 15.1 Å². The van der Waals surface area contributed by atoms with Gasteiger partial charge in [-0.3, -0.25) is 0 Å². The summed E-state index contributed by atoms with van der Waals surface area (Å²) in [5, 5.41) is 12.5. The highest BCUT2D eigenvalue weighted by Gasteiger charge is 2.25. The van der Waals surface area contributed by atoms with Crippen molar-refractivity contribution in [3.63, 3.8) is 0 Å². The van der Waals surface area contributed by atoms with Crippen molar-refractivity contribution in [1.82, 2.24) is 29.8 Å². The topological polar surface area (TPSA) is 78.7 Å². The predicted octanol–water partition coefficient (Wildman–Crippen LogP) is 3.33. The maximum absolute atomic E-state index is 14.7. The highest BCUT2D eigenvalue weighted by Crippen LogP contribution is 2.30. The van der Waals surface area contributed by atoms with Crippen molar-refractivity contribution >= 4 is 28.5 Å². The molecule has 0 unspecified atom stereocenters. The molecule has 1 aliphatic heterocycles. The molecule has 0 spiro atoms. The van der Waals surface area contributed by atoms with Gasteiger partial charge in [0.25, 0.3) is 0 Å². The first kappa shape index (κ1) is 20.2. The van der Waals surface area contributed by atoms with E-state index in [4.69, 9.17) is 4.98 Å². The second-order valence-corrected chi connectivity index (χ2v) is 7.75. The first-order valence-electron chi connectivity index (χ1n) is 10.8. The molecular formula is C23H24FN7O. The number of aromatic nitrogens is 4. The highest BCUT2D eigenvalue weighted by atomic mass is 19.1. The molecule has 1 aliphatic rings. The standard InChI is InChI=1S/C23H24FN7O/c1-2-25-23(32)30-13-7-12-29(14-15-30)22-26-19-11-6-4-9-17(19)21-28-27-20(31(21)22)16-8-3-5-10-18(16)24/h3-6,8-11H,2,7,12-15H2,1H3,(H,25,32). The molecule has 0 radical (unpaired) electrons. The third-order valence-corrected chi connectivity index (χ3v) is 5.74. The van der Waals surface area contributed by atoms with Gasteiger partial charge in [0.15, 0.2) is 11.5 Å². The molecule has 2 aromatic carbocycles. The van der Waals surface area contributed by atoms with Crippen LogP contribution in [0.3, 0.4) is 0 Å². The van der Waals surface area contributed by atoms with Crippen LogP contribution >= 0.6 is 0 Å². The van der Waals surface area contributed by atoms with Gasteiger partial charge < -0.3 is 15.1 Å². The Labute approximate surface area is 184 Å². The van der Waals surface area contributed by atoms with Crippen molar-refractivity contribution in [1.29, 1.82) is 0 Å². The van der Waals surface area contributed by atoms with Crippen LogP contribution in [0.5, 0.6) is 0 Å². The molecule has 8 nitrogen and oxygen atoms in total. The molecule has 5 rings (SSSR count). The second-order valence-electron chi connectivity index (χ2n) is 7.75. The first-order valence-corrected chi connectivity index (χ1v) is 10.8. The van der Waals surface area contributed by atoms with Crippen LogP contribution in [0.1, 0.15) is 13.3 Å². The van der Waals surface area contributed by atoms with Crippen LogP contribution in [0.25, 0.3) is 27.9 Å². The number of anilines is 1. The molecule has 4 aromatic rings. The normalized spacial score (nSPS) is 14.7. The van der Waals surface area contributed by atoms with Crippen molar-refractivity contribution in [3.05, 3.63) is 54.3 Å². The number of halogens is 1. The van der Waals surface area contributed by atoms with E-state index in [1.165, 1.54) is 6.07 Å². The first-order chi connectivity index (χ1) is 15.7. The van der Waals surface area contributed by atoms with Crippen LogP contribution in [0.2, 0.25) is 0 Å². The number of fused-ring (bicyclic) bond motifs is 3. The van der Waals surface area contributed by atoms with Gasteiger partial charge in [-0.05, 0) is 37.6 Å². The minimum Gasteiger partial charge on any atom is -0.340 e. The molecule has 1 N–H and O–H groups in total. The average molecular weight is 433 g/mol. The predicted molar refractivity (Wildman–Crippen MR) is 121 cm³/mol. The lowest BCUT2D eigenvalue weighted by Crippen LogP contribution is -2.42. The summed E-state index contributed by atoms with van der Waals surface area (Å²) in [5.74, 6) is 0.704. The van der Waals surface area contributed by atoms with E-state index in [9.17, 15) is 9.18 Å². The Morgan fingerprint density at radius 2 is 1.84 bits per heavy atom. The van der Waals surface area contributed by atoms with Crippen molar-refractivity contribution < 1.29 is 9.18 Å². The Morgan fingerprint density at radius 1 is 1.03 bits per heavy atom. The summed E-state index contributed by atoms with van der Waals surface area (Å²) in [4.78, 5) is 21.2. The third-order valence-electron chi connectivity index (χ3n) is 5.74. The van der Waals surface area contributed by atoms with Crippen molar-refractivity contribution in [2.75, 3.05) is 37.6 Å². The molecule has 3 heterocycles. The maximum atomic E-state index is 14.7. The number of para-hydroxylation sites is 1. The zero-order chi connectivity index (χ0) is 22.1. The number of carbonyl (C=O) groups excluding carboxylic acids is 1. The van der Waals surface area contributed by atoms with Gasteiger partial charge >= 0.3 is 6.03 Å². The van der Waals surface area contributed by atoms with E-state index in [0.717, 1.165) is 17.3 Å². The second kappa shape index (κ2) is 8.41. The third kappa shape index (κ3) is 3.49. The van der Waals surface area contributed by atoms with Gasteiger partial charge in [0.1, 0.15) is 5.82 Å². The lowest BCUT2D eigenvalue weighted by Gasteiger charge is -2.24. The Morgan fingerprint density at radius 3 is 2.69 bits per heavy atom. The molecule has 2 amide bonds. The van der Waals surface area contributed by atoms with Gasteiger partial charge in [0.2, 0.25) is 5.95 Å². The fourth-order valence-corrected chi connectivity index (χ4v) is 4.18. The molecule has 0 atom stereocenters. The molecule has 2 aromatic heterocycles. The van der Waals surface area contributed by atoms with E-state index in [1.807, 2.05) is 40.5 Å². The molecule has 1 saturated heterocycles. The van der Waals surface area contributed by atoms with Crippen LogP contribution < -0.4 is 10.2 Å². The number of hydrogen-bond acceptors (Lipinski definition) is 5. The minimum absolute atomic E-state index is 0.0534. The molecule has 9 heteroatoms. The average Bonchev–Trinajstić information content (AvgIpc) is 3.10. The summed E-state index contributed by atoms with van der Waals surface area (Å²) < 4.78 is 16.5. The minimum atomic E-state index is -0.362. The van der Waals surface area contributed by atoms with E-state index in [1.54, 1.807) is 18.2 Å². The number of carbonyl (C=O) groups is 1. The number of urea groups is 1. The van der Waals surface area contributed by atoms with E-state index >= 15 is 0 Å². The SMILES string of the molecule is CCNC(=O)N1CCCN(c2nc3ccccc3c3nnc(-c4ccccc4F)n23)CC1. The Balaban J connectivity index is 1.64. The number of rotatable bonds is 3. The molecule has 0 bridgehead atoms. The van der Waals surface area contributed by atoms with Crippen LogP contribution in [0.15, 0.2) is 48.5 Å². The number of hydrogen-bond donors (Lipinski definition) is 1. The summed E-state index contributed by atoms with van der Waals surface area (Å²) in [5.41, 5.74) is 1.80. The zero-order valence-electron chi connectivity index (χ0n) is 17.8. The van der Waals surface area contributed by atoms with Gasteiger partial charge in [0, 0.05) is 38.1 Å².